The summed E-state index contributed by atoms with van der Waals surface area (Å²) in [7, 11) is -4.07. The molecule has 0 aromatic heterocycles. The van der Waals surface area contributed by atoms with Crippen LogP contribution in [0, 0.1) is 11.8 Å². The topological polar surface area (TPSA) is 75.7 Å². The molecule has 2 aliphatic carbocycles. The first-order valence-corrected chi connectivity index (χ1v) is 17.9. The summed E-state index contributed by atoms with van der Waals surface area (Å²) in [5, 5.41) is 0.749. The van der Waals surface area contributed by atoms with Crippen LogP contribution in [0.25, 0.3) is 0 Å². The van der Waals surface area contributed by atoms with Crippen LogP contribution in [0.4, 0.5) is 5.69 Å². The summed E-state index contributed by atoms with van der Waals surface area (Å²) in [5.41, 5.74) is 3.87. The summed E-state index contributed by atoms with van der Waals surface area (Å²) in [5.74, 6) is 2.46. The molecule has 0 unspecified atom stereocenters. The maximum Gasteiger partial charge on any atom is 0.264 e. The fraction of sp³-hybridized carbons (Fsp3) is 0.424. The summed E-state index contributed by atoms with van der Waals surface area (Å²) < 4.78 is 35.7. The average Bonchev–Trinajstić information content (AvgIpc) is 3.11. The first-order valence-electron chi connectivity index (χ1n) is 14.7. The average molecular weight is 625 g/mol. The van der Waals surface area contributed by atoms with Crippen molar-refractivity contribution in [1.82, 2.24) is 4.72 Å². The number of anilines is 1. The quantitative estimate of drug-likeness (QED) is 0.319. The molecule has 3 aliphatic rings. The molecule has 1 saturated carbocycles. The molecule has 222 valence electrons. The Morgan fingerprint density at radius 2 is 1.90 bits per heavy atom. The molecule has 1 heterocycles. The highest BCUT2D eigenvalue weighted by Gasteiger charge is 2.43. The maximum absolute atomic E-state index is 13.4. The van der Waals surface area contributed by atoms with Gasteiger partial charge in [-0.25, -0.2) is 13.1 Å². The Hall–Kier alpha value is -2.68. The van der Waals surface area contributed by atoms with E-state index < -0.39 is 15.9 Å². The monoisotopic (exact) mass is 624 g/mol. The Morgan fingerprint density at radius 3 is 2.67 bits per heavy atom. The second kappa shape index (κ2) is 12.1. The summed E-state index contributed by atoms with van der Waals surface area (Å²) >= 11 is 8.28. The molecular weight excluding hydrogens is 588 g/mol. The van der Waals surface area contributed by atoms with Gasteiger partial charge in [-0.15, -0.1) is 0 Å². The number of ether oxygens (including phenoxy) is 1. The number of hydrogen-bond donors (Lipinski definition) is 1. The number of benzene rings is 3. The van der Waals surface area contributed by atoms with Gasteiger partial charge in [0.15, 0.2) is 0 Å². The molecule has 1 spiro atoms. The molecule has 1 aliphatic heterocycles. The first-order chi connectivity index (χ1) is 20.3. The van der Waals surface area contributed by atoms with Crippen molar-refractivity contribution in [2.75, 3.05) is 36.6 Å². The molecule has 0 saturated heterocycles. The zero-order valence-corrected chi connectivity index (χ0v) is 26.2. The number of halogens is 1. The van der Waals surface area contributed by atoms with Gasteiger partial charge in [0.25, 0.3) is 10.0 Å². The summed E-state index contributed by atoms with van der Waals surface area (Å²) in [6.45, 7) is 2.10. The molecule has 6 nitrogen and oxygen atoms in total. The largest absolute Gasteiger partial charge is 0.490 e. The molecule has 0 radical (unpaired) electrons. The normalized spacial score (nSPS) is 23.2. The minimum absolute atomic E-state index is 0.00923. The van der Waals surface area contributed by atoms with Crippen molar-refractivity contribution in [3.05, 3.63) is 88.4 Å². The van der Waals surface area contributed by atoms with Gasteiger partial charge in [0, 0.05) is 23.5 Å². The maximum atomic E-state index is 13.4. The van der Waals surface area contributed by atoms with Crippen LogP contribution in [-0.4, -0.2) is 46.0 Å². The van der Waals surface area contributed by atoms with E-state index in [0.29, 0.717) is 24.2 Å². The highest BCUT2D eigenvalue weighted by atomic mass is 35.5. The lowest BCUT2D eigenvalue weighted by Gasteiger charge is -2.44. The van der Waals surface area contributed by atoms with E-state index in [4.69, 9.17) is 16.3 Å². The third-order valence-corrected chi connectivity index (χ3v) is 11.6. The van der Waals surface area contributed by atoms with Crippen LogP contribution >= 0.6 is 23.4 Å². The third kappa shape index (κ3) is 6.03. The lowest BCUT2D eigenvalue weighted by Crippen LogP contribution is -2.48. The number of amides is 1. The predicted octanol–water partition coefficient (Wildman–Crippen LogP) is 6.25. The van der Waals surface area contributed by atoms with Crippen LogP contribution in [0.2, 0.25) is 5.02 Å². The summed E-state index contributed by atoms with van der Waals surface area (Å²) in [4.78, 5) is 15.1. The van der Waals surface area contributed by atoms with E-state index in [0.717, 1.165) is 54.4 Å². The molecule has 3 aromatic carbocycles. The van der Waals surface area contributed by atoms with E-state index in [-0.39, 0.29) is 16.7 Å². The van der Waals surface area contributed by atoms with Crippen LogP contribution in [0.15, 0.2) is 71.6 Å². The minimum Gasteiger partial charge on any atom is -0.490 e. The molecule has 6 rings (SSSR count). The van der Waals surface area contributed by atoms with Crippen molar-refractivity contribution in [3.8, 4) is 5.75 Å². The fourth-order valence-electron chi connectivity index (χ4n) is 6.88. The third-order valence-electron chi connectivity index (χ3n) is 9.19. The molecule has 3 atom stereocenters. The second-order valence-electron chi connectivity index (χ2n) is 12.0. The highest BCUT2D eigenvalue weighted by molar-refractivity contribution is 7.98. The summed E-state index contributed by atoms with van der Waals surface area (Å²) in [6, 6.07) is 20.3. The van der Waals surface area contributed by atoms with Gasteiger partial charge in [0.1, 0.15) is 5.75 Å². The Bertz CT molecular complexity index is 1570. The second-order valence-corrected chi connectivity index (χ2v) is 15.0. The molecule has 9 heteroatoms. The number of carbonyl (C=O) groups excluding carboxylic acids is 1. The number of thioether (sulfide) groups is 1. The smallest absolute Gasteiger partial charge is 0.264 e. The predicted molar refractivity (Wildman–Crippen MR) is 170 cm³/mol. The van der Waals surface area contributed by atoms with Crippen molar-refractivity contribution < 1.29 is 17.9 Å². The van der Waals surface area contributed by atoms with Crippen molar-refractivity contribution in [1.29, 1.82) is 0 Å². The van der Waals surface area contributed by atoms with E-state index in [9.17, 15) is 13.2 Å². The standard InChI is InChI=1S/C33H37ClN2O4S2/c1-41-20-26-10-9-25(26)19-36-21-33(15-5-8-24-17-27(34)11-13-29(24)33)22-40-31-14-12-28(18-30(31)36)42(38,39)35-32(37)16-23-6-3-2-4-7-23/h2-4,6-7,11-14,17-18,25-26H,5,8-10,15-16,19-22H2,1H3,(H,35,37)/t25-,26-,33-/m0/s1. The van der Waals surface area contributed by atoms with E-state index in [1.54, 1.807) is 18.2 Å². The number of aryl methyl sites for hydroxylation is 1. The molecule has 42 heavy (non-hydrogen) atoms. The number of nitrogens with one attached hydrogen (secondary N) is 1. The first kappa shape index (κ1) is 29.4. The van der Waals surface area contributed by atoms with Gasteiger partial charge in [-0.05, 0) is 103 Å². The lowest BCUT2D eigenvalue weighted by atomic mass is 9.69. The van der Waals surface area contributed by atoms with Crippen LogP contribution < -0.4 is 14.4 Å². The zero-order chi connectivity index (χ0) is 29.3. The van der Waals surface area contributed by atoms with Gasteiger partial charge in [-0.1, -0.05) is 48.0 Å². The van der Waals surface area contributed by atoms with Crippen LogP contribution in [0.1, 0.15) is 42.4 Å². The van der Waals surface area contributed by atoms with Gasteiger partial charge in [0.2, 0.25) is 5.91 Å². The van der Waals surface area contributed by atoms with Gasteiger partial charge >= 0.3 is 0 Å². The Kier molecular flexibility index (Phi) is 8.49. The number of carbonyl (C=O) groups is 1. The number of fused-ring (bicyclic) bond motifs is 3. The minimum atomic E-state index is -4.07. The van der Waals surface area contributed by atoms with Crippen molar-refractivity contribution in [2.24, 2.45) is 11.8 Å². The molecular formula is C33H37ClN2O4S2. The molecule has 0 bridgehead atoms. The van der Waals surface area contributed by atoms with Crippen molar-refractivity contribution >= 4 is 45.0 Å². The van der Waals surface area contributed by atoms with Crippen LogP contribution in [0.3, 0.4) is 0 Å². The molecule has 1 N–H and O–H groups in total. The van der Waals surface area contributed by atoms with E-state index in [1.165, 1.54) is 24.0 Å². The van der Waals surface area contributed by atoms with Gasteiger partial charge in [-0.3, -0.25) is 4.79 Å². The molecule has 1 fully saturated rings. The summed E-state index contributed by atoms with van der Waals surface area (Å²) in [6.07, 6.45) is 7.59. The number of hydrogen-bond acceptors (Lipinski definition) is 6. The van der Waals surface area contributed by atoms with Gasteiger partial charge in [-0.2, -0.15) is 11.8 Å². The Balaban J connectivity index is 1.32. The van der Waals surface area contributed by atoms with Crippen LogP contribution in [-0.2, 0) is 33.1 Å². The van der Waals surface area contributed by atoms with Crippen LogP contribution in [0.5, 0.6) is 5.75 Å². The highest BCUT2D eigenvalue weighted by Crippen LogP contribution is 2.46. The van der Waals surface area contributed by atoms with Gasteiger partial charge < -0.3 is 9.64 Å². The van der Waals surface area contributed by atoms with E-state index in [1.807, 2.05) is 48.2 Å². The fourth-order valence-corrected chi connectivity index (χ4v) is 8.95. The number of sulfonamides is 1. The number of nitrogens with zero attached hydrogens (tertiary/aromatic N) is 1. The lowest BCUT2D eigenvalue weighted by molar-refractivity contribution is -0.118. The molecule has 3 aromatic rings. The van der Waals surface area contributed by atoms with E-state index >= 15 is 0 Å². The molecule has 1 amide bonds. The Labute approximate surface area is 258 Å². The number of rotatable bonds is 8. The van der Waals surface area contributed by atoms with Crippen molar-refractivity contribution in [3.63, 3.8) is 0 Å². The van der Waals surface area contributed by atoms with Crippen molar-refractivity contribution in [2.45, 2.75) is 48.8 Å². The Morgan fingerprint density at radius 1 is 1.10 bits per heavy atom. The van der Waals surface area contributed by atoms with Gasteiger partial charge in [0.05, 0.1) is 23.6 Å². The SMILES string of the molecule is CSC[C@@H]1CC[C@H]1CN1C[C@@]2(CCCc3cc(Cl)ccc32)COc2ccc(S(=O)(=O)NC(=O)Cc3ccccc3)cc21. The van der Waals surface area contributed by atoms with E-state index in [2.05, 4.69) is 28.0 Å². The zero-order valence-electron chi connectivity index (χ0n) is 23.9.